The second-order valence-electron chi connectivity index (χ2n) is 10.8. The normalized spacial score (nSPS) is 27.3. The van der Waals surface area contributed by atoms with E-state index in [9.17, 15) is 4.79 Å². The van der Waals surface area contributed by atoms with Crippen molar-refractivity contribution in [3.05, 3.63) is 120 Å². The van der Waals surface area contributed by atoms with Gasteiger partial charge in [-0.05, 0) is 72.8 Å². The van der Waals surface area contributed by atoms with Crippen LogP contribution in [0.5, 0.6) is 0 Å². The molecule has 0 radical (unpaired) electrons. The van der Waals surface area contributed by atoms with Crippen LogP contribution in [0.2, 0.25) is 0 Å². The number of benzene rings is 4. The van der Waals surface area contributed by atoms with Crippen molar-refractivity contribution in [3.8, 4) is 0 Å². The molecule has 0 unspecified atom stereocenters. The molecule has 0 amide bonds. The number of carbonyl (C=O) groups excluding carboxylic acids is 1. The van der Waals surface area contributed by atoms with Gasteiger partial charge in [0.25, 0.3) is 0 Å². The van der Waals surface area contributed by atoms with Crippen LogP contribution in [0.25, 0.3) is 10.8 Å². The molecule has 4 aromatic rings. The number of nitrogens with zero attached hydrogens (tertiary/aromatic N) is 1. The van der Waals surface area contributed by atoms with Crippen LogP contribution in [0.1, 0.15) is 52.6 Å². The first-order valence-corrected chi connectivity index (χ1v) is 13.0. The van der Waals surface area contributed by atoms with Gasteiger partial charge >= 0.3 is 5.97 Å². The van der Waals surface area contributed by atoms with E-state index >= 15 is 0 Å². The Bertz CT molecular complexity index is 1310. The average Bonchev–Trinajstić information content (AvgIpc) is 2.93. The van der Waals surface area contributed by atoms with Crippen LogP contribution in [-0.2, 0) is 4.74 Å². The van der Waals surface area contributed by atoms with Crippen molar-refractivity contribution in [2.75, 3.05) is 14.1 Å². The zero-order chi connectivity index (χ0) is 24.7. The van der Waals surface area contributed by atoms with Crippen molar-refractivity contribution < 1.29 is 9.53 Å². The van der Waals surface area contributed by atoms with E-state index in [1.54, 1.807) is 0 Å². The van der Waals surface area contributed by atoms with Crippen LogP contribution >= 0.6 is 0 Å². The number of hydrogen-bond donors (Lipinski definition) is 0. The maximum atomic E-state index is 13.6. The predicted molar refractivity (Wildman–Crippen MR) is 145 cm³/mol. The van der Waals surface area contributed by atoms with Crippen molar-refractivity contribution in [2.24, 2.45) is 5.92 Å². The van der Waals surface area contributed by atoms with E-state index in [1.807, 2.05) is 36.4 Å². The summed E-state index contributed by atoms with van der Waals surface area (Å²) in [5.41, 5.74) is 3.30. The van der Waals surface area contributed by atoms with Gasteiger partial charge < -0.3 is 9.64 Å². The molecule has 0 heterocycles. The molecule has 3 atom stereocenters. The smallest absolute Gasteiger partial charge is 0.338 e. The molecule has 182 valence electrons. The zero-order valence-corrected chi connectivity index (χ0v) is 21.0. The van der Waals surface area contributed by atoms with Gasteiger partial charge in [-0.25, -0.2) is 4.79 Å². The fourth-order valence-electron chi connectivity index (χ4n) is 6.92. The second kappa shape index (κ2) is 9.22. The largest absolute Gasteiger partial charge is 0.458 e. The summed E-state index contributed by atoms with van der Waals surface area (Å²) in [5, 5.41) is 2.19. The maximum absolute atomic E-state index is 13.6. The minimum Gasteiger partial charge on any atom is -0.458 e. The Hall–Kier alpha value is -3.43. The Morgan fingerprint density at radius 3 is 1.86 bits per heavy atom. The summed E-state index contributed by atoms with van der Waals surface area (Å²) in [6.45, 7) is 0. The van der Waals surface area contributed by atoms with Gasteiger partial charge in [0.15, 0.2) is 0 Å². The lowest BCUT2D eigenvalue weighted by Gasteiger charge is -2.60. The second-order valence-corrected chi connectivity index (χ2v) is 10.8. The summed E-state index contributed by atoms with van der Waals surface area (Å²) in [4.78, 5) is 16.0. The van der Waals surface area contributed by atoms with Crippen LogP contribution in [-0.4, -0.2) is 36.6 Å². The van der Waals surface area contributed by atoms with Gasteiger partial charge in [0.2, 0.25) is 0 Å². The van der Waals surface area contributed by atoms with Gasteiger partial charge in [0.1, 0.15) is 6.10 Å². The minimum absolute atomic E-state index is 0.0237. The first kappa shape index (κ1) is 23.0. The summed E-state index contributed by atoms with van der Waals surface area (Å²) in [7, 11) is 4.38. The van der Waals surface area contributed by atoms with Crippen molar-refractivity contribution >= 4 is 16.7 Å². The van der Waals surface area contributed by atoms with E-state index in [0.29, 0.717) is 17.4 Å². The van der Waals surface area contributed by atoms with Gasteiger partial charge in [0.05, 0.1) is 5.56 Å². The van der Waals surface area contributed by atoms with E-state index in [1.165, 1.54) is 11.1 Å². The van der Waals surface area contributed by atoms with Crippen LogP contribution in [0.15, 0.2) is 103 Å². The molecule has 36 heavy (non-hydrogen) atoms. The highest BCUT2D eigenvalue weighted by molar-refractivity contribution is 5.95. The van der Waals surface area contributed by atoms with E-state index in [2.05, 4.69) is 85.7 Å². The van der Waals surface area contributed by atoms with Crippen LogP contribution < -0.4 is 0 Å². The number of carbonyl (C=O) groups is 1. The predicted octanol–water partition coefficient (Wildman–Crippen LogP) is 7.05. The van der Waals surface area contributed by atoms with Crippen LogP contribution in [0, 0.1) is 5.92 Å². The van der Waals surface area contributed by atoms with E-state index in [4.69, 9.17) is 4.74 Å². The van der Waals surface area contributed by atoms with Crippen LogP contribution in [0.4, 0.5) is 0 Å². The highest BCUT2D eigenvalue weighted by atomic mass is 16.5. The quantitative estimate of drug-likeness (QED) is 0.290. The molecular formula is C33H33NO2. The molecule has 3 aliphatic rings. The number of rotatable bonds is 5. The Morgan fingerprint density at radius 1 is 0.722 bits per heavy atom. The molecule has 0 aliphatic heterocycles. The third kappa shape index (κ3) is 4.02. The monoisotopic (exact) mass is 475 g/mol. The highest BCUT2D eigenvalue weighted by Crippen LogP contribution is 2.60. The number of ether oxygens (including phenoxy) is 1. The number of hydrogen-bond acceptors (Lipinski definition) is 3. The molecule has 2 bridgehead atoms. The van der Waals surface area contributed by atoms with E-state index in [0.717, 1.165) is 30.0 Å². The van der Waals surface area contributed by atoms with Crippen LogP contribution in [0.3, 0.4) is 0 Å². The fourth-order valence-corrected chi connectivity index (χ4v) is 6.92. The number of fused-ring (bicyclic) bond motifs is 4. The standard InChI is InChI=1S/C33H33NO2/c1-34(2)33-20-28(24-12-5-3-6-13-24)31(29(21-33)25-14-7-4-8-15-25)30(22-33)36-32(35)27-18-17-23-11-9-10-16-26(23)19-27/h3-19,28-31H,20-22H2,1-2H3/t28-,29-,30+,31?,33?/m0/s1. The van der Waals surface area contributed by atoms with Crippen molar-refractivity contribution in [1.29, 1.82) is 0 Å². The van der Waals surface area contributed by atoms with E-state index in [-0.39, 0.29) is 23.5 Å². The highest BCUT2D eigenvalue weighted by Gasteiger charge is 2.58. The van der Waals surface area contributed by atoms with E-state index < -0.39 is 0 Å². The Kier molecular flexibility index (Phi) is 5.89. The molecular weight excluding hydrogens is 442 g/mol. The summed E-state index contributed by atoms with van der Waals surface area (Å²) >= 11 is 0. The molecule has 4 aromatic carbocycles. The molecule has 7 rings (SSSR count). The third-order valence-corrected chi connectivity index (χ3v) is 8.79. The molecule has 3 heteroatoms. The SMILES string of the molecule is CN(C)C12C[C@@H](OC(=O)c3ccc4ccccc4c3)C([C@H](c3ccccc3)C1)[C@H](c1ccccc1)C2. The van der Waals surface area contributed by atoms with Crippen molar-refractivity contribution in [3.63, 3.8) is 0 Å². The van der Waals surface area contributed by atoms with Gasteiger partial charge in [0, 0.05) is 17.9 Å². The Morgan fingerprint density at radius 2 is 1.28 bits per heavy atom. The van der Waals surface area contributed by atoms with Crippen molar-refractivity contribution in [2.45, 2.75) is 42.7 Å². The Labute approximate surface area is 213 Å². The van der Waals surface area contributed by atoms with Gasteiger partial charge in [-0.15, -0.1) is 0 Å². The molecule has 0 spiro atoms. The lowest BCUT2D eigenvalue weighted by atomic mass is 9.52. The summed E-state index contributed by atoms with van der Waals surface area (Å²) in [6, 6.07) is 35.7. The topological polar surface area (TPSA) is 29.5 Å². The first-order valence-electron chi connectivity index (χ1n) is 13.0. The average molecular weight is 476 g/mol. The van der Waals surface area contributed by atoms with Gasteiger partial charge in [-0.3, -0.25) is 0 Å². The summed E-state index contributed by atoms with van der Waals surface area (Å²) in [6.07, 6.45) is 2.89. The minimum atomic E-state index is -0.217. The third-order valence-electron chi connectivity index (χ3n) is 8.79. The molecule has 3 fully saturated rings. The molecule has 0 N–H and O–H groups in total. The molecule has 3 nitrogen and oxygen atoms in total. The Balaban J connectivity index is 1.40. The maximum Gasteiger partial charge on any atom is 0.338 e. The summed E-state index contributed by atoms with van der Waals surface area (Å²) in [5.74, 6) is 0.679. The van der Waals surface area contributed by atoms with Gasteiger partial charge in [-0.2, -0.15) is 0 Å². The zero-order valence-electron chi connectivity index (χ0n) is 21.0. The fraction of sp³-hybridized carbons (Fsp3) is 0.303. The van der Waals surface area contributed by atoms with Crippen molar-refractivity contribution in [1.82, 2.24) is 4.90 Å². The molecule has 3 aliphatic carbocycles. The molecule has 0 saturated heterocycles. The molecule has 3 saturated carbocycles. The van der Waals surface area contributed by atoms with Gasteiger partial charge in [-0.1, -0.05) is 91.0 Å². The summed E-state index contributed by atoms with van der Waals surface area (Å²) < 4.78 is 6.47. The molecule has 0 aromatic heterocycles. The lowest BCUT2D eigenvalue weighted by molar-refractivity contribution is -0.0986. The first-order chi connectivity index (χ1) is 17.5. The number of esters is 1. The lowest BCUT2D eigenvalue weighted by Crippen LogP contribution is -2.61.